The van der Waals surface area contributed by atoms with Gasteiger partial charge in [-0.25, -0.2) is 15.0 Å². The lowest BCUT2D eigenvalue weighted by atomic mass is 9.92. The summed E-state index contributed by atoms with van der Waals surface area (Å²) in [6.07, 6.45) is 6.58. The van der Waals surface area contributed by atoms with Gasteiger partial charge in [0, 0.05) is 33.0 Å². The van der Waals surface area contributed by atoms with E-state index >= 15 is 0 Å². The molecule has 1 aliphatic rings. The number of furan rings is 1. The summed E-state index contributed by atoms with van der Waals surface area (Å²) in [6.45, 7) is 0. The van der Waals surface area contributed by atoms with Gasteiger partial charge in [0.2, 0.25) is 0 Å². The lowest BCUT2D eigenvalue weighted by molar-refractivity contribution is 0.670. The predicted molar refractivity (Wildman–Crippen MR) is 227 cm³/mol. The van der Waals surface area contributed by atoms with Gasteiger partial charge in [0.25, 0.3) is 0 Å². The highest BCUT2D eigenvalue weighted by Crippen LogP contribution is 2.42. The molecular weight excluding hydrogens is 671 g/mol. The van der Waals surface area contributed by atoms with Crippen LogP contribution in [0.1, 0.15) is 17.5 Å². The molecule has 258 valence electrons. The summed E-state index contributed by atoms with van der Waals surface area (Å²) in [6, 6.07) is 57.7. The van der Waals surface area contributed by atoms with Crippen LogP contribution in [0, 0.1) is 0 Å². The number of rotatable bonds is 5. The Kier molecular flexibility index (Phi) is 7.27. The maximum Gasteiger partial charge on any atom is 0.164 e. The molecule has 1 aliphatic carbocycles. The number of benzene rings is 8. The number of aryl methyl sites for hydroxylation is 1. The second-order valence-corrected chi connectivity index (χ2v) is 14.3. The highest BCUT2D eigenvalue weighted by molar-refractivity contribution is 6.15. The topological polar surface area (TPSA) is 51.8 Å². The quantitative estimate of drug-likeness (QED) is 0.179. The van der Waals surface area contributed by atoms with Crippen LogP contribution in [0.4, 0.5) is 0 Å². The van der Waals surface area contributed by atoms with E-state index < -0.39 is 0 Å². The summed E-state index contributed by atoms with van der Waals surface area (Å²) < 4.78 is 6.72. The van der Waals surface area contributed by atoms with E-state index in [0.717, 1.165) is 73.5 Å². The molecule has 0 amide bonds. The maximum absolute atomic E-state index is 6.72. The Bertz CT molecular complexity index is 3150. The first-order valence-corrected chi connectivity index (χ1v) is 18.8. The summed E-state index contributed by atoms with van der Waals surface area (Å²) in [4.78, 5) is 15.6. The Morgan fingerprint density at radius 3 is 1.84 bits per heavy atom. The van der Waals surface area contributed by atoms with E-state index in [1.165, 1.54) is 32.8 Å². The number of allylic oxidation sites excluding steroid dienone is 1. The van der Waals surface area contributed by atoms with Crippen molar-refractivity contribution in [3.8, 4) is 56.4 Å². The van der Waals surface area contributed by atoms with E-state index in [0.29, 0.717) is 17.5 Å². The summed E-state index contributed by atoms with van der Waals surface area (Å²) >= 11 is 0. The van der Waals surface area contributed by atoms with Gasteiger partial charge in [0.1, 0.15) is 11.2 Å². The molecule has 0 N–H and O–H groups in total. The van der Waals surface area contributed by atoms with Crippen LogP contribution >= 0.6 is 0 Å². The molecule has 0 aliphatic heterocycles. The zero-order valence-corrected chi connectivity index (χ0v) is 29.9. The summed E-state index contributed by atoms with van der Waals surface area (Å²) in [5.41, 5.74) is 11.6. The number of para-hydroxylation sites is 1. The van der Waals surface area contributed by atoms with Gasteiger partial charge in [-0.2, -0.15) is 0 Å². The molecule has 0 radical (unpaired) electrons. The van der Waals surface area contributed by atoms with Crippen LogP contribution in [-0.4, -0.2) is 15.0 Å². The zero-order chi connectivity index (χ0) is 36.3. The summed E-state index contributed by atoms with van der Waals surface area (Å²) in [5.74, 6) is 1.84. The van der Waals surface area contributed by atoms with Crippen molar-refractivity contribution in [1.82, 2.24) is 15.0 Å². The highest BCUT2D eigenvalue weighted by Gasteiger charge is 2.21. The Hall–Kier alpha value is -7.17. The molecule has 0 saturated carbocycles. The minimum Gasteiger partial charge on any atom is -0.455 e. The molecule has 0 spiro atoms. The fourth-order valence-corrected chi connectivity index (χ4v) is 8.11. The lowest BCUT2D eigenvalue weighted by Gasteiger charge is -2.14. The van der Waals surface area contributed by atoms with Crippen molar-refractivity contribution >= 4 is 49.6 Å². The molecule has 8 aromatic carbocycles. The molecule has 4 nitrogen and oxygen atoms in total. The molecule has 0 bridgehead atoms. The summed E-state index contributed by atoms with van der Waals surface area (Å²) in [7, 11) is 0. The van der Waals surface area contributed by atoms with E-state index in [2.05, 4.69) is 164 Å². The smallest absolute Gasteiger partial charge is 0.164 e. The third kappa shape index (κ3) is 5.50. The molecule has 0 saturated heterocycles. The van der Waals surface area contributed by atoms with Crippen LogP contribution in [0.2, 0.25) is 0 Å². The molecule has 11 rings (SSSR count). The van der Waals surface area contributed by atoms with Gasteiger partial charge in [-0.05, 0) is 92.5 Å². The maximum atomic E-state index is 6.72. The number of hydrogen-bond donors (Lipinski definition) is 0. The molecule has 55 heavy (non-hydrogen) atoms. The van der Waals surface area contributed by atoms with Gasteiger partial charge in [-0.1, -0.05) is 146 Å². The van der Waals surface area contributed by atoms with E-state index in [-0.39, 0.29) is 0 Å². The lowest BCUT2D eigenvalue weighted by Crippen LogP contribution is -2.01. The third-order valence-electron chi connectivity index (χ3n) is 11.0. The molecule has 10 aromatic rings. The van der Waals surface area contributed by atoms with Crippen molar-refractivity contribution in [2.24, 2.45) is 0 Å². The first-order valence-electron chi connectivity index (χ1n) is 18.8. The van der Waals surface area contributed by atoms with Crippen LogP contribution in [0.5, 0.6) is 0 Å². The third-order valence-corrected chi connectivity index (χ3v) is 11.0. The van der Waals surface area contributed by atoms with Crippen LogP contribution in [0.15, 0.2) is 174 Å². The minimum atomic E-state index is 0.602. The Balaban J connectivity index is 1.09. The van der Waals surface area contributed by atoms with Crippen molar-refractivity contribution < 1.29 is 4.42 Å². The Labute approximate surface area is 318 Å². The SMILES string of the molecule is C1=Cc2ccc(-c3ccc(-c4nc(-c5ccc(-c6ccc7ccccc7c6)cc5)nc(-c5ccc6ccccc6c5)n4)c4c3oc3ccccc34)cc2CC1. The van der Waals surface area contributed by atoms with E-state index in [9.17, 15) is 0 Å². The standard InChI is InChI=1S/C51H33N3O/c1-4-12-37-29-40(24-19-32(37)9-1)35-17-22-36(23-18-35)49-52-50(42-26-21-34-11-3-6-14-39(34)31-42)54-51(53-49)45-28-27-43(41-25-20-33-10-2-5-13-38(33)30-41)48-47(45)44-15-7-8-16-46(44)55-48/h1-4,6-12,14-31H,5,13H2. The zero-order valence-electron chi connectivity index (χ0n) is 29.9. The van der Waals surface area contributed by atoms with Crippen molar-refractivity contribution in [2.45, 2.75) is 12.8 Å². The average molecular weight is 704 g/mol. The normalized spacial score (nSPS) is 12.5. The molecule has 0 unspecified atom stereocenters. The Morgan fingerprint density at radius 1 is 0.436 bits per heavy atom. The number of hydrogen-bond acceptors (Lipinski definition) is 4. The van der Waals surface area contributed by atoms with Gasteiger partial charge < -0.3 is 4.42 Å². The minimum absolute atomic E-state index is 0.602. The number of fused-ring (bicyclic) bond motifs is 6. The van der Waals surface area contributed by atoms with Crippen molar-refractivity contribution in [3.05, 3.63) is 181 Å². The summed E-state index contributed by atoms with van der Waals surface area (Å²) in [5, 5.41) is 6.79. The molecule has 2 heterocycles. The van der Waals surface area contributed by atoms with Gasteiger partial charge in [0.05, 0.1) is 0 Å². The average Bonchev–Trinajstić information content (AvgIpc) is 3.65. The molecule has 0 fully saturated rings. The van der Waals surface area contributed by atoms with E-state index in [1.807, 2.05) is 12.1 Å². The van der Waals surface area contributed by atoms with Gasteiger partial charge in [-0.15, -0.1) is 0 Å². The number of nitrogens with zero attached hydrogens (tertiary/aromatic N) is 3. The van der Waals surface area contributed by atoms with Crippen LogP contribution in [0.3, 0.4) is 0 Å². The monoisotopic (exact) mass is 703 g/mol. The molecular formula is C51H33N3O. The second kappa shape index (κ2) is 12.8. The fourth-order valence-electron chi connectivity index (χ4n) is 8.11. The van der Waals surface area contributed by atoms with Gasteiger partial charge >= 0.3 is 0 Å². The van der Waals surface area contributed by atoms with Crippen molar-refractivity contribution in [2.75, 3.05) is 0 Å². The van der Waals surface area contributed by atoms with Gasteiger partial charge in [0.15, 0.2) is 17.5 Å². The van der Waals surface area contributed by atoms with Crippen LogP contribution < -0.4 is 0 Å². The first-order chi connectivity index (χ1) is 27.2. The van der Waals surface area contributed by atoms with Crippen LogP contribution in [0.25, 0.3) is 106 Å². The van der Waals surface area contributed by atoms with Crippen LogP contribution in [-0.2, 0) is 6.42 Å². The van der Waals surface area contributed by atoms with E-state index in [1.54, 1.807) is 0 Å². The highest BCUT2D eigenvalue weighted by atomic mass is 16.3. The molecule has 4 heteroatoms. The second-order valence-electron chi connectivity index (χ2n) is 14.3. The number of aromatic nitrogens is 3. The molecule has 2 aromatic heterocycles. The van der Waals surface area contributed by atoms with Crippen molar-refractivity contribution in [3.63, 3.8) is 0 Å². The molecule has 0 atom stereocenters. The van der Waals surface area contributed by atoms with Crippen molar-refractivity contribution in [1.29, 1.82) is 0 Å². The largest absolute Gasteiger partial charge is 0.455 e. The van der Waals surface area contributed by atoms with E-state index in [4.69, 9.17) is 19.4 Å². The first kappa shape index (κ1) is 31.4. The van der Waals surface area contributed by atoms with Gasteiger partial charge in [-0.3, -0.25) is 0 Å². The fraction of sp³-hybridized carbons (Fsp3) is 0.0392. The Morgan fingerprint density at radius 2 is 1.04 bits per heavy atom. The predicted octanol–water partition coefficient (Wildman–Crippen LogP) is 13.4.